The number of hydrogen-bond donors (Lipinski definition) is 0. The maximum absolute atomic E-state index is 12.2. The van der Waals surface area contributed by atoms with Crippen LogP contribution in [0.2, 0.25) is 0 Å². The van der Waals surface area contributed by atoms with E-state index in [0.29, 0.717) is 25.9 Å². The van der Waals surface area contributed by atoms with Crippen LogP contribution in [0.5, 0.6) is 0 Å². The summed E-state index contributed by atoms with van der Waals surface area (Å²) in [5.74, 6) is 0.533. The van der Waals surface area contributed by atoms with Crippen LogP contribution in [0.3, 0.4) is 0 Å². The lowest BCUT2D eigenvalue weighted by Crippen LogP contribution is -2.36. The Kier molecular flexibility index (Phi) is 5.57. The van der Waals surface area contributed by atoms with Crippen LogP contribution >= 0.6 is 11.3 Å². The van der Waals surface area contributed by atoms with Gasteiger partial charge >= 0.3 is 0 Å². The van der Waals surface area contributed by atoms with Crippen molar-refractivity contribution in [2.24, 2.45) is 0 Å². The zero-order valence-corrected chi connectivity index (χ0v) is 14.9. The average molecular weight is 345 g/mol. The number of sulfone groups is 1. The van der Waals surface area contributed by atoms with Gasteiger partial charge in [0.15, 0.2) is 9.84 Å². The van der Waals surface area contributed by atoms with E-state index < -0.39 is 9.84 Å². The van der Waals surface area contributed by atoms with Gasteiger partial charge in [0.2, 0.25) is 5.91 Å². The second kappa shape index (κ2) is 7.06. The summed E-state index contributed by atoms with van der Waals surface area (Å²) in [6.45, 7) is 3.05. The van der Waals surface area contributed by atoms with Crippen molar-refractivity contribution in [3.63, 3.8) is 0 Å². The van der Waals surface area contributed by atoms with Crippen LogP contribution in [0.15, 0.2) is 5.38 Å². The average Bonchev–Trinajstić information content (AvgIpc) is 3.01. The van der Waals surface area contributed by atoms with E-state index in [1.54, 1.807) is 23.3 Å². The quantitative estimate of drug-likeness (QED) is 0.767. The summed E-state index contributed by atoms with van der Waals surface area (Å²) in [5.41, 5.74) is 0.975. The van der Waals surface area contributed by atoms with Crippen molar-refractivity contribution in [1.82, 2.24) is 14.8 Å². The molecule has 0 aromatic carbocycles. The van der Waals surface area contributed by atoms with Gasteiger partial charge in [-0.15, -0.1) is 11.3 Å². The number of thiazole rings is 1. The fraction of sp³-hybridized carbons (Fsp3) is 0.714. The first-order valence-corrected chi connectivity index (χ1v) is 10.0. The Morgan fingerprint density at radius 3 is 2.73 bits per heavy atom. The highest BCUT2D eigenvalue weighted by Crippen LogP contribution is 2.17. The number of aryl methyl sites for hydroxylation is 1. The molecule has 124 valence electrons. The van der Waals surface area contributed by atoms with Crippen molar-refractivity contribution in [2.75, 3.05) is 32.1 Å². The van der Waals surface area contributed by atoms with Gasteiger partial charge in [-0.2, -0.15) is 0 Å². The van der Waals surface area contributed by atoms with Gasteiger partial charge in [-0.1, -0.05) is 0 Å². The smallest absolute Gasteiger partial charge is 0.223 e. The molecule has 0 radical (unpaired) electrons. The van der Waals surface area contributed by atoms with E-state index in [2.05, 4.69) is 4.98 Å². The molecule has 1 aromatic rings. The fourth-order valence-electron chi connectivity index (χ4n) is 2.53. The summed E-state index contributed by atoms with van der Waals surface area (Å²) in [7, 11) is 0.791. The minimum Gasteiger partial charge on any atom is -0.339 e. The molecule has 1 aromatic heterocycles. The van der Waals surface area contributed by atoms with E-state index in [9.17, 15) is 13.2 Å². The maximum Gasteiger partial charge on any atom is 0.223 e. The third kappa shape index (κ3) is 4.76. The molecule has 0 bridgehead atoms. The number of carbonyl (C=O) groups excluding carboxylic acids is 1. The van der Waals surface area contributed by atoms with Gasteiger partial charge in [-0.05, 0) is 20.4 Å². The third-order valence-electron chi connectivity index (χ3n) is 3.97. The lowest BCUT2D eigenvalue weighted by molar-refractivity contribution is -0.130. The molecule has 0 aliphatic carbocycles. The SMILES string of the molecule is Cc1csc(CN(C)C(=O)CCN(C)[C@@H]2CCS(=O)(=O)C2)n1. The predicted molar refractivity (Wildman–Crippen MR) is 87.6 cm³/mol. The van der Waals surface area contributed by atoms with Crippen molar-refractivity contribution in [1.29, 1.82) is 0 Å². The highest BCUT2D eigenvalue weighted by molar-refractivity contribution is 7.91. The largest absolute Gasteiger partial charge is 0.339 e. The van der Waals surface area contributed by atoms with Crippen molar-refractivity contribution in [3.8, 4) is 0 Å². The number of carbonyl (C=O) groups is 1. The van der Waals surface area contributed by atoms with E-state index in [-0.39, 0.29) is 23.5 Å². The highest BCUT2D eigenvalue weighted by atomic mass is 32.2. The molecule has 22 heavy (non-hydrogen) atoms. The first kappa shape index (κ1) is 17.4. The van der Waals surface area contributed by atoms with E-state index >= 15 is 0 Å². The molecule has 0 saturated carbocycles. The van der Waals surface area contributed by atoms with Crippen LogP contribution in [0.4, 0.5) is 0 Å². The van der Waals surface area contributed by atoms with Crippen LogP contribution in [-0.4, -0.2) is 67.3 Å². The standard InChI is InChI=1S/C14H23N3O3S2/c1-11-9-21-13(15-11)8-17(3)14(18)4-6-16(2)12-5-7-22(19,20)10-12/h9,12H,4-8,10H2,1-3H3/t12-/m1/s1. The van der Waals surface area contributed by atoms with E-state index in [1.165, 1.54) is 0 Å². The lowest BCUT2D eigenvalue weighted by atomic mass is 10.2. The van der Waals surface area contributed by atoms with Gasteiger partial charge in [0.1, 0.15) is 5.01 Å². The van der Waals surface area contributed by atoms with Crippen molar-refractivity contribution < 1.29 is 13.2 Å². The van der Waals surface area contributed by atoms with Gasteiger partial charge in [-0.3, -0.25) is 4.79 Å². The molecular weight excluding hydrogens is 322 g/mol. The summed E-state index contributed by atoms with van der Waals surface area (Å²) in [6.07, 6.45) is 1.06. The van der Waals surface area contributed by atoms with E-state index in [4.69, 9.17) is 0 Å². The molecule has 2 heterocycles. The zero-order valence-electron chi connectivity index (χ0n) is 13.3. The molecule has 0 spiro atoms. The van der Waals surface area contributed by atoms with Crippen LogP contribution in [-0.2, 0) is 21.2 Å². The lowest BCUT2D eigenvalue weighted by Gasteiger charge is -2.24. The molecule has 1 aliphatic heterocycles. The van der Waals surface area contributed by atoms with Crippen LogP contribution in [0, 0.1) is 6.92 Å². The number of nitrogens with zero attached hydrogens (tertiary/aromatic N) is 3. The minimum absolute atomic E-state index is 0.0460. The van der Waals surface area contributed by atoms with Crippen LogP contribution < -0.4 is 0 Å². The summed E-state index contributed by atoms with van der Waals surface area (Å²) in [5, 5.41) is 2.91. The molecule has 8 heteroatoms. The van der Waals surface area contributed by atoms with Gasteiger partial charge in [-0.25, -0.2) is 13.4 Å². The molecule has 1 fully saturated rings. The Morgan fingerprint density at radius 2 is 2.18 bits per heavy atom. The van der Waals surface area contributed by atoms with Gasteiger partial charge in [0, 0.05) is 37.1 Å². The number of hydrogen-bond acceptors (Lipinski definition) is 6. The first-order valence-electron chi connectivity index (χ1n) is 7.32. The zero-order chi connectivity index (χ0) is 16.3. The summed E-state index contributed by atoms with van der Waals surface area (Å²) in [6, 6.07) is 0.0460. The second-order valence-corrected chi connectivity index (χ2v) is 9.09. The van der Waals surface area contributed by atoms with Crippen LogP contribution in [0.25, 0.3) is 0 Å². The molecule has 0 N–H and O–H groups in total. The molecule has 1 saturated heterocycles. The Hall–Kier alpha value is -0.990. The van der Waals surface area contributed by atoms with Crippen molar-refractivity contribution >= 4 is 27.1 Å². The Morgan fingerprint density at radius 1 is 1.45 bits per heavy atom. The number of rotatable bonds is 6. The van der Waals surface area contributed by atoms with Gasteiger partial charge in [0.25, 0.3) is 0 Å². The third-order valence-corrected chi connectivity index (χ3v) is 6.68. The monoisotopic (exact) mass is 345 g/mol. The molecule has 1 aliphatic rings. The topological polar surface area (TPSA) is 70.6 Å². The number of amides is 1. The first-order chi connectivity index (χ1) is 10.3. The summed E-state index contributed by atoms with van der Waals surface area (Å²) in [4.78, 5) is 20.2. The second-order valence-electron chi connectivity index (χ2n) is 5.92. The van der Waals surface area contributed by atoms with Crippen molar-refractivity contribution in [3.05, 3.63) is 16.1 Å². The Balaban J connectivity index is 1.77. The minimum atomic E-state index is -2.88. The van der Waals surface area contributed by atoms with Gasteiger partial charge < -0.3 is 9.80 Å². The van der Waals surface area contributed by atoms with E-state index in [0.717, 1.165) is 10.7 Å². The summed E-state index contributed by atoms with van der Waals surface area (Å²) < 4.78 is 23.0. The number of aromatic nitrogens is 1. The normalized spacial score (nSPS) is 20.5. The molecule has 6 nitrogen and oxygen atoms in total. The Bertz CT molecular complexity index is 627. The van der Waals surface area contributed by atoms with Crippen molar-refractivity contribution in [2.45, 2.75) is 32.4 Å². The molecular formula is C14H23N3O3S2. The summed E-state index contributed by atoms with van der Waals surface area (Å²) >= 11 is 1.56. The highest BCUT2D eigenvalue weighted by Gasteiger charge is 2.30. The molecule has 1 amide bonds. The molecule has 0 unspecified atom stereocenters. The predicted octanol–water partition coefficient (Wildman–Crippen LogP) is 0.919. The molecule has 2 rings (SSSR count). The Labute approximate surface area is 136 Å². The van der Waals surface area contributed by atoms with Crippen LogP contribution in [0.1, 0.15) is 23.5 Å². The van der Waals surface area contributed by atoms with Gasteiger partial charge in [0.05, 0.1) is 18.1 Å². The molecule has 1 atom stereocenters. The fourth-order valence-corrected chi connectivity index (χ4v) is 5.16. The van der Waals surface area contributed by atoms with E-state index in [1.807, 2.05) is 24.3 Å². The maximum atomic E-state index is 12.2.